The number of amides is 3. The van der Waals surface area contributed by atoms with E-state index in [1.165, 1.54) is 0 Å². The van der Waals surface area contributed by atoms with E-state index in [2.05, 4.69) is 15.6 Å². The Morgan fingerprint density at radius 3 is 2.52 bits per heavy atom. The van der Waals surface area contributed by atoms with Crippen LogP contribution in [0.1, 0.15) is 18.4 Å². The summed E-state index contributed by atoms with van der Waals surface area (Å²) in [5.41, 5.74) is 3.43. The van der Waals surface area contributed by atoms with Crippen molar-refractivity contribution in [3.63, 3.8) is 0 Å². The van der Waals surface area contributed by atoms with Gasteiger partial charge in [-0.1, -0.05) is 12.1 Å². The molecule has 0 radical (unpaired) electrons. The molecule has 3 aromatic rings. The second-order valence-corrected chi connectivity index (χ2v) is 7.81. The molecule has 2 N–H and O–H groups in total. The van der Waals surface area contributed by atoms with Crippen LogP contribution in [-0.2, 0) is 4.79 Å². The second kappa shape index (κ2) is 9.04. The Kier molecular flexibility index (Phi) is 6.02. The fourth-order valence-electron chi connectivity index (χ4n) is 3.81. The minimum Gasteiger partial charge on any atom is -0.481 e. The molecule has 1 fully saturated rings. The molecule has 1 aromatic heterocycles. The third kappa shape index (κ3) is 4.94. The van der Waals surface area contributed by atoms with Gasteiger partial charge in [-0.25, -0.2) is 9.78 Å². The van der Waals surface area contributed by atoms with E-state index in [1.54, 1.807) is 18.1 Å². The van der Waals surface area contributed by atoms with E-state index in [0.717, 1.165) is 27.8 Å². The van der Waals surface area contributed by atoms with Crippen LogP contribution in [0.25, 0.3) is 10.9 Å². The molecule has 0 bridgehead atoms. The number of urea groups is 1. The van der Waals surface area contributed by atoms with Crippen LogP contribution in [0, 0.1) is 12.8 Å². The summed E-state index contributed by atoms with van der Waals surface area (Å²) in [4.78, 5) is 31.4. The molecule has 4 rings (SSSR count). The maximum absolute atomic E-state index is 12.7. The van der Waals surface area contributed by atoms with Crippen LogP contribution in [0.3, 0.4) is 0 Å². The smallest absolute Gasteiger partial charge is 0.321 e. The molecule has 0 saturated carbocycles. The van der Waals surface area contributed by atoms with E-state index in [4.69, 9.17) is 4.74 Å². The number of hydrogen-bond acceptors (Lipinski definition) is 4. The van der Waals surface area contributed by atoms with Gasteiger partial charge in [-0.15, -0.1) is 0 Å². The molecular weight excluding hydrogens is 392 g/mol. The first kappa shape index (κ1) is 20.7. The Hall–Kier alpha value is -3.61. The molecule has 0 spiro atoms. The molecule has 160 valence electrons. The van der Waals surface area contributed by atoms with Gasteiger partial charge in [-0.05, 0) is 61.7 Å². The zero-order chi connectivity index (χ0) is 21.8. The zero-order valence-corrected chi connectivity index (χ0v) is 17.7. The first-order valence-corrected chi connectivity index (χ1v) is 10.4. The molecule has 7 nitrogen and oxygen atoms in total. The van der Waals surface area contributed by atoms with Crippen molar-refractivity contribution in [1.29, 1.82) is 0 Å². The average Bonchev–Trinajstić information content (AvgIpc) is 2.78. The number of rotatable bonds is 4. The molecule has 7 heteroatoms. The molecule has 1 aliphatic heterocycles. The van der Waals surface area contributed by atoms with Crippen molar-refractivity contribution in [3.05, 3.63) is 60.2 Å². The number of nitrogens with one attached hydrogen (secondary N) is 2. The Balaban J connectivity index is 1.32. The van der Waals surface area contributed by atoms with E-state index < -0.39 is 0 Å². The Morgan fingerprint density at radius 1 is 1.00 bits per heavy atom. The summed E-state index contributed by atoms with van der Waals surface area (Å²) in [5.74, 6) is 0.426. The summed E-state index contributed by atoms with van der Waals surface area (Å²) in [5, 5.41) is 6.87. The van der Waals surface area contributed by atoms with Crippen LogP contribution in [-0.4, -0.2) is 42.0 Å². The lowest BCUT2D eigenvalue weighted by Crippen LogP contribution is -2.43. The van der Waals surface area contributed by atoms with Crippen LogP contribution in [0.4, 0.5) is 16.2 Å². The zero-order valence-electron chi connectivity index (χ0n) is 17.7. The van der Waals surface area contributed by atoms with Crippen molar-refractivity contribution in [2.45, 2.75) is 19.8 Å². The highest BCUT2D eigenvalue weighted by atomic mass is 16.5. The highest BCUT2D eigenvalue weighted by molar-refractivity contribution is 5.95. The van der Waals surface area contributed by atoms with E-state index in [0.29, 0.717) is 31.8 Å². The molecular formula is C24H26N4O3. The number of aromatic nitrogens is 1. The topological polar surface area (TPSA) is 83.6 Å². The van der Waals surface area contributed by atoms with Crippen molar-refractivity contribution in [2.24, 2.45) is 5.92 Å². The van der Waals surface area contributed by atoms with Gasteiger partial charge in [0, 0.05) is 41.8 Å². The van der Waals surface area contributed by atoms with Crippen LogP contribution in [0.15, 0.2) is 54.6 Å². The van der Waals surface area contributed by atoms with Crippen molar-refractivity contribution in [3.8, 4) is 5.88 Å². The van der Waals surface area contributed by atoms with E-state index in [-0.39, 0.29) is 17.9 Å². The van der Waals surface area contributed by atoms with Gasteiger partial charge in [0.05, 0.1) is 12.6 Å². The lowest BCUT2D eigenvalue weighted by molar-refractivity contribution is -0.121. The minimum absolute atomic E-state index is 0.0143. The molecule has 3 amide bonds. The molecule has 1 aliphatic rings. The molecule has 31 heavy (non-hydrogen) atoms. The van der Waals surface area contributed by atoms with Gasteiger partial charge >= 0.3 is 6.03 Å². The van der Waals surface area contributed by atoms with Gasteiger partial charge in [-0.3, -0.25) is 4.79 Å². The number of piperidine rings is 1. The molecule has 2 heterocycles. The Morgan fingerprint density at radius 2 is 1.77 bits per heavy atom. The highest BCUT2D eigenvalue weighted by Crippen LogP contribution is 2.23. The fraction of sp³-hybridized carbons (Fsp3) is 0.292. The number of benzene rings is 2. The maximum atomic E-state index is 12.7. The molecule has 1 saturated heterocycles. The molecule has 0 atom stereocenters. The molecule has 2 aromatic carbocycles. The van der Waals surface area contributed by atoms with E-state index in [9.17, 15) is 9.59 Å². The van der Waals surface area contributed by atoms with Crippen LogP contribution in [0.2, 0.25) is 0 Å². The molecule has 0 unspecified atom stereocenters. The number of aryl methyl sites for hydroxylation is 1. The van der Waals surface area contributed by atoms with E-state index in [1.807, 2.05) is 55.5 Å². The predicted octanol–water partition coefficient (Wildman–Crippen LogP) is 4.43. The number of anilines is 2. The van der Waals surface area contributed by atoms with Crippen molar-refractivity contribution in [1.82, 2.24) is 9.88 Å². The standard InChI is InChI=1S/C24H26N4O3/c1-16-4-3-5-19(14-16)26-24(30)28-12-10-17(11-13-28)23(29)25-20-7-8-21-18(15-20)6-9-22(27-21)31-2/h3-9,14-15,17H,10-13H2,1-2H3,(H,25,29)(H,26,30). The fourth-order valence-corrected chi connectivity index (χ4v) is 3.81. The number of carbonyl (C=O) groups excluding carboxylic acids is 2. The van der Waals surface area contributed by atoms with Crippen LogP contribution in [0.5, 0.6) is 5.88 Å². The first-order valence-electron chi connectivity index (χ1n) is 10.4. The normalized spacial score (nSPS) is 14.3. The number of pyridine rings is 1. The van der Waals surface area contributed by atoms with Gasteiger partial charge in [0.1, 0.15) is 0 Å². The SMILES string of the molecule is COc1ccc2cc(NC(=O)C3CCN(C(=O)Nc4cccc(C)c4)CC3)ccc2n1. The highest BCUT2D eigenvalue weighted by Gasteiger charge is 2.27. The molecule has 0 aliphatic carbocycles. The third-order valence-corrected chi connectivity index (χ3v) is 5.56. The number of fused-ring (bicyclic) bond motifs is 1. The lowest BCUT2D eigenvalue weighted by atomic mass is 9.96. The van der Waals surface area contributed by atoms with Crippen LogP contribution < -0.4 is 15.4 Å². The minimum atomic E-state index is -0.123. The number of methoxy groups -OCH3 is 1. The maximum Gasteiger partial charge on any atom is 0.321 e. The number of ether oxygens (including phenoxy) is 1. The summed E-state index contributed by atoms with van der Waals surface area (Å²) >= 11 is 0. The number of carbonyl (C=O) groups is 2. The van der Waals surface area contributed by atoms with Gasteiger partial charge in [0.15, 0.2) is 0 Å². The van der Waals surface area contributed by atoms with Crippen molar-refractivity contribution in [2.75, 3.05) is 30.8 Å². The van der Waals surface area contributed by atoms with E-state index >= 15 is 0 Å². The first-order chi connectivity index (χ1) is 15.0. The summed E-state index contributed by atoms with van der Waals surface area (Å²) < 4.78 is 5.15. The van der Waals surface area contributed by atoms with Crippen molar-refractivity contribution >= 4 is 34.2 Å². The van der Waals surface area contributed by atoms with Gasteiger partial charge < -0.3 is 20.3 Å². The third-order valence-electron chi connectivity index (χ3n) is 5.56. The van der Waals surface area contributed by atoms with Gasteiger partial charge in [-0.2, -0.15) is 0 Å². The predicted molar refractivity (Wildman–Crippen MR) is 121 cm³/mol. The van der Waals surface area contributed by atoms with Gasteiger partial charge in [0.25, 0.3) is 0 Å². The number of hydrogen-bond donors (Lipinski definition) is 2. The Labute approximate surface area is 181 Å². The Bertz CT molecular complexity index is 1110. The lowest BCUT2D eigenvalue weighted by Gasteiger charge is -2.31. The summed E-state index contributed by atoms with van der Waals surface area (Å²) in [6, 6.07) is 16.9. The van der Waals surface area contributed by atoms with Crippen molar-refractivity contribution < 1.29 is 14.3 Å². The second-order valence-electron chi connectivity index (χ2n) is 7.81. The van der Waals surface area contributed by atoms with Gasteiger partial charge in [0.2, 0.25) is 11.8 Å². The summed E-state index contributed by atoms with van der Waals surface area (Å²) in [7, 11) is 1.58. The largest absolute Gasteiger partial charge is 0.481 e. The van der Waals surface area contributed by atoms with Crippen LogP contribution >= 0.6 is 0 Å². The number of nitrogens with zero attached hydrogens (tertiary/aromatic N) is 2. The summed E-state index contributed by atoms with van der Waals surface area (Å²) in [6.07, 6.45) is 1.28. The monoisotopic (exact) mass is 418 g/mol. The number of likely N-dealkylation sites (tertiary alicyclic amines) is 1. The average molecular weight is 418 g/mol. The summed E-state index contributed by atoms with van der Waals surface area (Å²) in [6.45, 7) is 3.09. The quantitative estimate of drug-likeness (QED) is 0.656.